The fourth-order valence-corrected chi connectivity index (χ4v) is 1.73. The lowest BCUT2D eigenvalue weighted by Crippen LogP contribution is -2.32. The van der Waals surface area contributed by atoms with Gasteiger partial charge in [-0.1, -0.05) is 0 Å². The van der Waals surface area contributed by atoms with Gasteiger partial charge >= 0.3 is 0 Å². The number of furan rings is 1. The van der Waals surface area contributed by atoms with Crippen molar-refractivity contribution in [3.05, 3.63) is 54.2 Å². The number of rotatable bonds is 7. The molecule has 0 spiro atoms. The molecule has 4 nitrogen and oxygen atoms in total. The van der Waals surface area contributed by atoms with Crippen LogP contribution in [-0.4, -0.2) is 24.4 Å². The highest BCUT2D eigenvalue weighted by atomic mass is 19.1. The first-order chi connectivity index (χ1) is 9.65. The van der Waals surface area contributed by atoms with E-state index in [4.69, 9.17) is 9.15 Å². The van der Waals surface area contributed by atoms with Gasteiger partial charge in [0.2, 0.25) is 0 Å². The van der Waals surface area contributed by atoms with Crippen LogP contribution < -0.4 is 10.1 Å². The summed E-state index contributed by atoms with van der Waals surface area (Å²) in [7, 11) is 0. The van der Waals surface area contributed by atoms with E-state index in [1.807, 2.05) is 19.1 Å². The molecule has 2 N–H and O–H groups in total. The third-order valence-corrected chi connectivity index (χ3v) is 2.89. The molecule has 0 aliphatic rings. The van der Waals surface area contributed by atoms with Crippen LogP contribution in [0, 0.1) is 5.82 Å². The number of benzene rings is 1. The van der Waals surface area contributed by atoms with Crippen LogP contribution in [0.15, 0.2) is 47.1 Å². The van der Waals surface area contributed by atoms with Crippen molar-refractivity contribution in [1.29, 1.82) is 0 Å². The average molecular weight is 279 g/mol. The van der Waals surface area contributed by atoms with Crippen molar-refractivity contribution in [1.82, 2.24) is 5.32 Å². The molecule has 20 heavy (non-hydrogen) atoms. The van der Waals surface area contributed by atoms with Crippen molar-refractivity contribution in [2.75, 3.05) is 13.2 Å². The molecule has 1 aromatic heterocycles. The Morgan fingerprint density at radius 3 is 2.70 bits per heavy atom. The van der Waals surface area contributed by atoms with Crippen molar-refractivity contribution in [3.63, 3.8) is 0 Å². The summed E-state index contributed by atoms with van der Waals surface area (Å²) in [6.45, 7) is 2.47. The topological polar surface area (TPSA) is 54.6 Å². The maximum atomic E-state index is 12.7. The van der Waals surface area contributed by atoms with Crippen LogP contribution in [0.5, 0.6) is 5.75 Å². The van der Waals surface area contributed by atoms with Crippen LogP contribution in [0.3, 0.4) is 0 Å². The predicted octanol–water partition coefficient (Wildman–Crippen LogP) is 2.51. The fraction of sp³-hybridized carbons (Fsp3) is 0.333. The number of halogens is 1. The second-order valence-corrected chi connectivity index (χ2v) is 4.56. The molecule has 0 bridgehead atoms. The molecule has 2 atom stereocenters. The lowest BCUT2D eigenvalue weighted by atomic mass is 10.2. The van der Waals surface area contributed by atoms with E-state index >= 15 is 0 Å². The highest BCUT2D eigenvalue weighted by Gasteiger charge is 2.11. The Labute approximate surface area is 117 Å². The SMILES string of the molecule is C[C@H](NCC(O)COc1ccc(F)cc1)c1ccco1. The normalized spacial score (nSPS) is 13.9. The minimum absolute atomic E-state index is 0.0190. The molecule has 0 amide bonds. The predicted molar refractivity (Wildman–Crippen MR) is 73.0 cm³/mol. The molecule has 1 heterocycles. The van der Waals surface area contributed by atoms with Gasteiger partial charge in [0.1, 0.15) is 30.0 Å². The van der Waals surface area contributed by atoms with Gasteiger partial charge in [-0.2, -0.15) is 0 Å². The quantitative estimate of drug-likeness (QED) is 0.817. The van der Waals surface area contributed by atoms with E-state index < -0.39 is 6.10 Å². The molecule has 1 aromatic carbocycles. The van der Waals surface area contributed by atoms with Gasteiger partial charge in [0.25, 0.3) is 0 Å². The van der Waals surface area contributed by atoms with Gasteiger partial charge < -0.3 is 19.6 Å². The first-order valence-corrected chi connectivity index (χ1v) is 6.48. The molecule has 5 heteroatoms. The minimum Gasteiger partial charge on any atom is -0.491 e. The average Bonchev–Trinajstić information content (AvgIpc) is 2.98. The molecule has 0 radical (unpaired) electrons. The summed E-state index contributed by atoms with van der Waals surface area (Å²) in [6.07, 6.45) is 0.958. The minimum atomic E-state index is -0.655. The zero-order valence-corrected chi connectivity index (χ0v) is 11.3. The molecular formula is C15H18FNO3. The zero-order valence-electron chi connectivity index (χ0n) is 11.3. The molecule has 2 rings (SSSR count). The maximum absolute atomic E-state index is 12.7. The molecule has 2 aromatic rings. The number of nitrogens with one attached hydrogen (secondary N) is 1. The van der Waals surface area contributed by atoms with Crippen molar-refractivity contribution >= 4 is 0 Å². The summed E-state index contributed by atoms with van der Waals surface area (Å²) < 4.78 is 23.3. The van der Waals surface area contributed by atoms with Crippen molar-refractivity contribution in [2.24, 2.45) is 0 Å². The first kappa shape index (κ1) is 14.6. The second-order valence-electron chi connectivity index (χ2n) is 4.56. The molecular weight excluding hydrogens is 261 g/mol. The molecule has 108 valence electrons. The van der Waals surface area contributed by atoms with E-state index in [9.17, 15) is 9.50 Å². The van der Waals surface area contributed by atoms with E-state index in [1.165, 1.54) is 24.3 Å². The Kier molecular flexibility index (Phi) is 5.15. The summed E-state index contributed by atoms with van der Waals surface area (Å²) in [5, 5.41) is 13.0. The molecule has 0 saturated heterocycles. The largest absolute Gasteiger partial charge is 0.491 e. The van der Waals surface area contributed by atoms with Crippen molar-refractivity contribution in [3.8, 4) is 5.75 Å². The van der Waals surface area contributed by atoms with Crippen LogP contribution in [0.25, 0.3) is 0 Å². The summed E-state index contributed by atoms with van der Waals surface area (Å²) in [4.78, 5) is 0. The number of aliphatic hydroxyl groups is 1. The maximum Gasteiger partial charge on any atom is 0.123 e. The smallest absolute Gasteiger partial charge is 0.123 e. The first-order valence-electron chi connectivity index (χ1n) is 6.48. The molecule has 1 unspecified atom stereocenters. The Balaban J connectivity index is 1.70. The third kappa shape index (κ3) is 4.36. The Morgan fingerprint density at radius 2 is 2.05 bits per heavy atom. The van der Waals surface area contributed by atoms with Crippen molar-refractivity contribution < 1.29 is 18.7 Å². The summed E-state index contributed by atoms with van der Waals surface area (Å²) in [5.74, 6) is 1.04. The molecule has 0 aliphatic carbocycles. The van der Waals surface area contributed by atoms with Gasteiger partial charge in [-0.3, -0.25) is 0 Å². The number of hydrogen-bond acceptors (Lipinski definition) is 4. The summed E-state index contributed by atoms with van der Waals surface area (Å²) in [6, 6.07) is 9.41. The summed E-state index contributed by atoms with van der Waals surface area (Å²) in [5.41, 5.74) is 0. The highest BCUT2D eigenvalue weighted by Crippen LogP contribution is 2.13. The summed E-state index contributed by atoms with van der Waals surface area (Å²) >= 11 is 0. The monoisotopic (exact) mass is 279 g/mol. The number of hydrogen-bond donors (Lipinski definition) is 2. The van der Waals surface area contributed by atoms with E-state index in [-0.39, 0.29) is 18.5 Å². The van der Waals surface area contributed by atoms with E-state index in [0.717, 1.165) is 5.76 Å². The van der Waals surface area contributed by atoms with Gasteiger partial charge in [-0.25, -0.2) is 4.39 Å². The van der Waals surface area contributed by atoms with Gasteiger partial charge in [0.05, 0.1) is 12.3 Å². The highest BCUT2D eigenvalue weighted by molar-refractivity contribution is 5.22. The Morgan fingerprint density at radius 1 is 1.30 bits per heavy atom. The van der Waals surface area contributed by atoms with E-state index in [0.29, 0.717) is 12.3 Å². The van der Waals surface area contributed by atoms with Gasteiger partial charge in [-0.15, -0.1) is 0 Å². The zero-order chi connectivity index (χ0) is 14.4. The van der Waals surface area contributed by atoms with Crippen LogP contribution in [-0.2, 0) is 0 Å². The van der Waals surface area contributed by atoms with Gasteiger partial charge in [0, 0.05) is 6.54 Å². The fourth-order valence-electron chi connectivity index (χ4n) is 1.73. The Hall–Kier alpha value is -1.85. The van der Waals surface area contributed by atoms with Crippen LogP contribution in [0.2, 0.25) is 0 Å². The number of ether oxygens (including phenoxy) is 1. The van der Waals surface area contributed by atoms with Crippen LogP contribution in [0.1, 0.15) is 18.7 Å². The van der Waals surface area contributed by atoms with Crippen molar-refractivity contribution in [2.45, 2.75) is 19.1 Å². The molecule has 0 saturated carbocycles. The molecule has 0 fully saturated rings. The van der Waals surface area contributed by atoms with Crippen LogP contribution in [0.4, 0.5) is 4.39 Å². The van der Waals surface area contributed by atoms with E-state index in [1.54, 1.807) is 6.26 Å². The number of aliphatic hydroxyl groups excluding tert-OH is 1. The lowest BCUT2D eigenvalue weighted by Gasteiger charge is -2.16. The van der Waals surface area contributed by atoms with Crippen LogP contribution >= 0.6 is 0 Å². The van der Waals surface area contributed by atoms with Gasteiger partial charge in [0.15, 0.2) is 0 Å². The van der Waals surface area contributed by atoms with E-state index in [2.05, 4.69) is 5.32 Å². The third-order valence-electron chi connectivity index (χ3n) is 2.89. The second kappa shape index (κ2) is 7.07. The lowest BCUT2D eigenvalue weighted by molar-refractivity contribution is 0.103. The van der Waals surface area contributed by atoms with Gasteiger partial charge in [-0.05, 0) is 43.3 Å². The Bertz CT molecular complexity index is 498. The standard InChI is InChI=1S/C15H18FNO3/c1-11(15-3-2-8-19-15)17-9-13(18)10-20-14-6-4-12(16)5-7-14/h2-8,11,13,17-18H,9-10H2,1H3/t11-,13?/m0/s1. The molecule has 0 aliphatic heterocycles.